The Morgan fingerprint density at radius 1 is 1.10 bits per heavy atom. The molecule has 0 aliphatic heterocycles. The Labute approximate surface area is 116 Å². The third kappa shape index (κ3) is 3.52. The topological polar surface area (TPSA) is 101 Å². The zero-order valence-corrected chi connectivity index (χ0v) is 10.7. The first-order valence-corrected chi connectivity index (χ1v) is 5.98. The molecule has 0 saturated heterocycles. The van der Waals surface area contributed by atoms with Crippen molar-refractivity contribution < 1.29 is 9.90 Å². The smallest absolute Gasteiger partial charge is 0.248 e. The molecule has 0 aliphatic carbocycles. The Morgan fingerprint density at radius 3 is 2.60 bits per heavy atom. The van der Waals surface area contributed by atoms with E-state index in [0.717, 1.165) is 0 Å². The molecular formula is C15H15N3O2. The van der Waals surface area contributed by atoms with Gasteiger partial charge in [0.05, 0.1) is 0 Å². The van der Waals surface area contributed by atoms with Gasteiger partial charge in [0.15, 0.2) is 0 Å². The van der Waals surface area contributed by atoms with E-state index in [1.807, 2.05) is 0 Å². The number of nitrogen functional groups attached to an aromatic ring is 2. The third-order valence-electron chi connectivity index (χ3n) is 2.62. The van der Waals surface area contributed by atoms with Crippen LogP contribution >= 0.6 is 0 Å². The van der Waals surface area contributed by atoms with Crippen LogP contribution in [0, 0.1) is 0 Å². The van der Waals surface area contributed by atoms with Gasteiger partial charge >= 0.3 is 0 Å². The van der Waals surface area contributed by atoms with E-state index in [9.17, 15) is 9.90 Å². The third-order valence-corrected chi connectivity index (χ3v) is 2.62. The maximum atomic E-state index is 11.7. The van der Waals surface area contributed by atoms with Gasteiger partial charge in [-0.15, -0.1) is 0 Å². The van der Waals surface area contributed by atoms with Gasteiger partial charge in [0.25, 0.3) is 0 Å². The molecule has 0 atom stereocenters. The first-order valence-electron chi connectivity index (χ1n) is 5.98. The minimum absolute atomic E-state index is 0.0622. The van der Waals surface area contributed by atoms with Crippen molar-refractivity contribution in [3.05, 3.63) is 54.1 Å². The predicted octanol–water partition coefficient (Wildman–Crippen LogP) is 2.21. The quantitative estimate of drug-likeness (QED) is 0.390. The van der Waals surface area contributed by atoms with Gasteiger partial charge in [0.2, 0.25) is 5.91 Å². The van der Waals surface area contributed by atoms with Crippen molar-refractivity contribution in [3.63, 3.8) is 0 Å². The molecule has 102 valence electrons. The van der Waals surface area contributed by atoms with Crippen LogP contribution in [0.4, 0.5) is 17.1 Å². The highest BCUT2D eigenvalue weighted by Gasteiger charge is 2.01. The highest BCUT2D eigenvalue weighted by molar-refractivity contribution is 6.02. The number of phenolic OH excluding ortho intramolecular Hbond substituents is 1. The fraction of sp³-hybridized carbons (Fsp3) is 0. The van der Waals surface area contributed by atoms with Crippen LogP contribution < -0.4 is 16.8 Å². The Bertz CT molecular complexity index is 666. The lowest BCUT2D eigenvalue weighted by Gasteiger charge is -2.03. The van der Waals surface area contributed by atoms with E-state index in [2.05, 4.69) is 5.32 Å². The molecule has 0 aromatic heterocycles. The van der Waals surface area contributed by atoms with Gasteiger partial charge in [-0.3, -0.25) is 4.79 Å². The maximum Gasteiger partial charge on any atom is 0.248 e. The van der Waals surface area contributed by atoms with E-state index in [-0.39, 0.29) is 11.7 Å². The summed E-state index contributed by atoms with van der Waals surface area (Å²) in [5, 5.41) is 12.3. The first-order chi connectivity index (χ1) is 9.54. The number of amides is 1. The van der Waals surface area contributed by atoms with Crippen LogP contribution in [-0.2, 0) is 4.79 Å². The van der Waals surface area contributed by atoms with Gasteiger partial charge in [-0.05, 0) is 42.5 Å². The standard InChI is InChI=1S/C15H15N3O2/c16-11-2-1-3-13(9-11)18-15(20)7-4-10-8-12(17)5-6-14(10)19/h1-9,19H,16-17H2,(H,18,20)/b7-4+. The number of anilines is 3. The lowest BCUT2D eigenvalue weighted by Crippen LogP contribution is -2.07. The maximum absolute atomic E-state index is 11.7. The van der Waals surface area contributed by atoms with Crippen molar-refractivity contribution in [1.29, 1.82) is 0 Å². The number of nitrogens with two attached hydrogens (primary N) is 2. The van der Waals surface area contributed by atoms with Gasteiger partial charge in [-0.25, -0.2) is 0 Å². The van der Waals surface area contributed by atoms with E-state index in [1.54, 1.807) is 36.4 Å². The number of hydrogen-bond acceptors (Lipinski definition) is 4. The van der Waals surface area contributed by atoms with Crippen LogP contribution in [0.15, 0.2) is 48.5 Å². The highest BCUT2D eigenvalue weighted by atomic mass is 16.3. The van der Waals surface area contributed by atoms with Crippen molar-refractivity contribution >= 4 is 29.0 Å². The largest absolute Gasteiger partial charge is 0.507 e. The first kappa shape index (κ1) is 13.5. The molecule has 2 aromatic rings. The molecule has 6 N–H and O–H groups in total. The van der Waals surface area contributed by atoms with Crippen molar-refractivity contribution in [2.45, 2.75) is 0 Å². The summed E-state index contributed by atoms with van der Waals surface area (Å²) in [5.41, 5.74) is 13.4. The summed E-state index contributed by atoms with van der Waals surface area (Å²) < 4.78 is 0. The fourth-order valence-corrected chi connectivity index (χ4v) is 1.67. The molecule has 0 fully saturated rings. The molecule has 0 heterocycles. The fourth-order valence-electron chi connectivity index (χ4n) is 1.67. The average Bonchev–Trinajstić information content (AvgIpc) is 2.40. The second kappa shape index (κ2) is 5.79. The van der Waals surface area contributed by atoms with E-state index in [1.165, 1.54) is 18.2 Å². The van der Waals surface area contributed by atoms with E-state index in [4.69, 9.17) is 11.5 Å². The minimum atomic E-state index is -0.322. The van der Waals surface area contributed by atoms with Gasteiger partial charge in [-0.2, -0.15) is 0 Å². The number of carbonyl (C=O) groups is 1. The summed E-state index contributed by atoms with van der Waals surface area (Å²) in [5.74, 6) is -0.260. The van der Waals surface area contributed by atoms with Crippen LogP contribution in [-0.4, -0.2) is 11.0 Å². The zero-order chi connectivity index (χ0) is 14.5. The van der Waals surface area contributed by atoms with Crippen molar-refractivity contribution in [2.75, 3.05) is 16.8 Å². The zero-order valence-electron chi connectivity index (χ0n) is 10.7. The number of nitrogens with one attached hydrogen (secondary N) is 1. The summed E-state index contributed by atoms with van der Waals surface area (Å²) in [4.78, 5) is 11.7. The van der Waals surface area contributed by atoms with Crippen LogP contribution in [0.3, 0.4) is 0 Å². The molecule has 0 spiro atoms. The molecule has 5 heteroatoms. The molecule has 0 saturated carbocycles. The molecule has 2 rings (SSSR count). The molecular weight excluding hydrogens is 254 g/mol. The second-order valence-corrected chi connectivity index (χ2v) is 4.27. The van der Waals surface area contributed by atoms with Crippen molar-refractivity contribution in [1.82, 2.24) is 0 Å². The normalized spacial score (nSPS) is 10.6. The molecule has 0 radical (unpaired) electrons. The van der Waals surface area contributed by atoms with Gasteiger partial charge in [0, 0.05) is 28.7 Å². The summed E-state index contributed by atoms with van der Waals surface area (Å²) in [7, 11) is 0. The Balaban J connectivity index is 2.07. The van der Waals surface area contributed by atoms with Crippen LogP contribution in [0.5, 0.6) is 5.75 Å². The number of phenols is 1. The molecule has 0 bridgehead atoms. The van der Waals surface area contributed by atoms with E-state index >= 15 is 0 Å². The second-order valence-electron chi connectivity index (χ2n) is 4.27. The van der Waals surface area contributed by atoms with Crippen LogP contribution in [0.25, 0.3) is 6.08 Å². The van der Waals surface area contributed by atoms with Gasteiger partial charge in [0.1, 0.15) is 5.75 Å². The summed E-state index contributed by atoms with van der Waals surface area (Å²) in [6, 6.07) is 11.5. The molecule has 5 nitrogen and oxygen atoms in total. The predicted molar refractivity (Wildman–Crippen MR) is 81.0 cm³/mol. The molecule has 1 amide bonds. The van der Waals surface area contributed by atoms with Crippen LogP contribution in [0.1, 0.15) is 5.56 Å². The van der Waals surface area contributed by atoms with Crippen molar-refractivity contribution in [2.24, 2.45) is 0 Å². The lowest BCUT2D eigenvalue weighted by molar-refractivity contribution is -0.111. The Hall–Kier alpha value is -2.95. The lowest BCUT2D eigenvalue weighted by atomic mass is 10.1. The van der Waals surface area contributed by atoms with Gasteiger partial charge < -0.3 is 21.9 Å². The van der Waals surface area contributed by atoms with E-state index < -0.39 is 0 Å². The Kier molecular flexibility index (Phi) is 3.91. The summed E-state index contributed by atoms with van der Waals surface area (Å²) >= 11 is 0. The molecule has 0 aliphatic rings. The van der Waals surface area contributed by atoms with E-state index in [0.29, 0.717) is 22.6 Å². The molecule has 2 aromatic carbocycles. The van der Waals surface area contributed by atoms with Crippen LogP contribution in [0.2, 0.25) is 0 Å². The molecule has 20 heavy (non-hydrogen) atoms. The number of hydrogen-bond donors (Lipinski definition) is 4. The highest BCUT2D eigenvalue weighted by Crippen LogP contribution is 2.21. The summed E-state index contributed by atoms with van der Waals surface area (Å²) in [6.45, 7) is 0. The number of benzene rings is 2. The number of rotatable bonds is 3. The molecule has 0 unspecified atom stereocenters. The SMILES string of the molecule is Nc1cccc(NC(=O)/C=C/c2cc(N)ccc2O)c1. The van der Waals surface area contributed by atoms with Crippen molar-refractivity contribution in [3.8, 4) is 5.75 Å². The average molecular weight is 269 g/mol. The number of aromatic hydroxyl groups is 1. The van der Waals surface area contributed by atoms with Gasteiger partial charge in [-0.1, -0.05) is 6.07 Å². The minimum Gasteiger partial charge on any atom is -0.507 e. The Morgan fingerprint density at radius 2 is 1.85 bits per heavy atom. The number of carbonyl (C=O) groups excluding carboxylic acids is 1. The summed E-state index contributed by atoms with van der Waals surface area (Å²) in [6.07, 6.45) is 2.81. The monoisotopic (exact) mass is 269 g/mol.